The van der Waals surface area contributed by atoms with Gasteiger partial charge in [-0.1, -0.05) is 67.9 Å². The number of allylic oxidation sites excluding steroid dienone is 1. The summed E-state index contributed by atoms with van der Waals surface area (Å²) in [7, 11) is 3.78. The lowest BCUT2D eigenvalue weighted by Gasteiger charge is -2.34. The molecule has 10 amide bonds. The van der Waals surface area contributed by atoms with Gasteiger partial charge in [0.05, 0.1) is 6.10 Å². The summed E-state index contributed by atoms with van der Waals surface area (Å²) in [5.41, 5.74) is -4.80. The second-order valence-corrected chi connectivity index (χ2v) is 23.3. The van der Waals surface area contributed by atoms with Gasteiger partial charge in [-0.05, 0) is 125 Å². The van der Waals surface area contributed by atoms with E-state index < -0.39 is 106 Å². The standard InChI is InChI=1S/C53H95N11O11/c1-19-33(8)22-23-40(66)64-26-20-21-38(64)46(71)56-35(10)43(68)59-41(42(67)32(6)7)47(72)61-52(13,14)49(74)58-36(27-30(2)3)44(69)57-37(28-31(4)5)45(70)60-53(15,16)50(75)62-51(11,12)48(73)54-25-24-39(65)55-34(9)29-63(17)18/h22-23,30-38,41-42,67H,19-21,24-29H2,1-18H3,(H,54,73)(H,55,65)(H,56,71)(H,57,69)(H,58,74)(H,59,68)(H,60,70)(H,61,72)(H,62,75)/b23-22+/t33?,34?,35?,36?,37?,38-,41?,42?/m0/s1. The molecule has 8 atom stereocenters. The molecule has 0 bridgehead atoms. The van der Waals surface area contributed by atoms with Crippen molar-refractivity contribution in [3.63, 3.8) is 0 Å². The summed E-state index contributed by atoms with van der Waals surface area (Å²) in [6.07, 6.45) is 3.91. The average Bonchev–Trinajstić information content (AvgIpc) is 3.78. The Hall–Kier alpha value is -5.64. The Labute approximate surface area is 446 Å². The third kappa shape index (κ3) is 23.0. The molecule has 1 heterocycles. The zero-order valence-electron chi connectivity index (χ0n) is 48.3. The van der Waals surface area contributed by atoms with Crippen molar-refractivity contribution in [3.8, 4) is 0 Å². The number of amides is 10. The zero-order valence-corrected chi connectivity index (χ0v) is 48.3. The van der Waals surface area contributed by atoms with Crippen molar-refractivity contribution >= 4 is 59.1 Å². The fourth-order valence-electron chi connectivity index (χ4n) is 7.98. The first kappa shape index (κ1) is 67.4. The molecule has 0 aromatic carbocycles. The molecule has 1 aliphatic rings. The van der Waals surface area contributed by atoms with E-state index in [0.717, 1.165) is 6.42 Å². The van der Waals surface area contributed by atoms with Crippen LogP contribution in [0.5, 0.6) is 0 Å². The van der Waals surface area contributed by atoms with Crippen LogP contribution < -0.4 is 47.9 Å². The van der Waals surface area contributed by atoms with Crippen molar-refractivity contribution in [1.82, 2.24) is 57.7 Å². The van der Waals surface area contributed by atoms with Gasteiger partial charge in [0, 0.05) is 32.1 Å². The van der Waals surface area contributed by atoms with Gasteiger partial charge in [-0.15, -0.1) is 0 Å². The highest BCUT2D eigenvalue weighted by Crippen LogP contribution is 2.20. The van der Waals surface area contributed by atoms with Crippen molar-refractivity contribution < 1.29 is 53.1 Å². The van der Waals surface area contributed by atoms with E-state index in [4.69, 9.17) is 0 Å². The van der Waals surface area contributed by atoms with Gasteiger partial charge in [-0.2, -0.15) is 0 Å². The highest BCUT2D eigenvalue weighted by atomic mass is 16.3. The van der Waals surface area contributed by atoms with Crippen LogP contribution in [0.4, 0.5) is 0 Å². The van der Waals surface area contributed by atoms with E-state index in [1.54, 1.807) is 19.9 Å². The van der Waals surface area contributed by atoms with Gasteiger partial charge in [0.2, 0.25) is 59.1 Å². The van der Waals surface area contributed by atoms with E-state index in [0.29, 0.717) is 25.9 Å². The molecule has 75 heavy (non-hydrogen) atoms. The van der Waals surface area contributed by atoms with E-state index in [2.05, 4.69) is 47.9 Å². The van der Waals surface area contributed by atoms with Crippen molar-refractivity contribution in [1.29, 1.82) is 0 Å². The third-order valence-electron chi connectivity index (χ3n) is 12.8. The molecule has 1 saturated heterocycles. The smallest absolute Gasteiger partial charge is 0.246 e. The van der Waals surface area contributed by atoms with E-state index >= 15 is 0 Å². The molecule has 22 nitrogen and oxygen atoms in total. The molecule has 1 aliphatic heterocycles. The minimum Gasteiger partial charge on any atom is -0.390 e. The molecule has 0 radical (unpaired) electrons. The molecule has 0 saturated carbocycles. The Morgan fingerprint density at radius 2 is 1.19 bits per heavy atom. The van der Waals surface area contributed by atoms with Crippen molar-refractivity contribution in [2.24, 2.45) is 23.7 Å². The summed E-state index contributed by atoms with van der Waals surface area (Å²) in [5.74, 6) is -6.98. The summed E-state index contributed by atoms with van der Waals surface area (Å²) in [6.45, 7) is 27.5. The van der Waals surface area contributed by atoms with Gasteiger partial charge in [0.1, 0.15) is 46.8 Å². The summed E-state index contributed by atoms with van der Waals surface area (Å²) in [5, 5.41) is 35.3. The van der Waals surface area contributed by atoms with Crippen LogP contribution in [0.3, 0.4) is 0 Å². The topological polar surface area (TPSA) is 306 Å². The van der Waals surface area contributed by atoms with Crippen LogP contribution >= 0.6 is 0 Å². The molecule has 10 N–H and O–H groups in total. The predicted molar refractivity (Wildman–Crippen MR) is 287 cm³/mol. The van der Waals surface area contributed by atoms with Crippen LogP contribution in [0.25, 0.3) is 0 Å². The number of rotatable bonds is 30. The number of aliphatic hydroxyl groups excluding tert-OH is 1. The largest absolute Gasteiger partial charge is 0.390 e. The number of hydrogen-bond donors (Lipinski definition) is 10. The van der Waals surface area contributed by atoms with Crippen molar-refractivity contribution in [2.75, 3.05) is 33.7 Å². The SMILES string of the molecule is CCC(C)/C=C/C(=O)N1CCC[C@H]1C(=O)NC(C)C(=O)NC(C(=O)NC(C)(C)C(=O)NC(CC(C)C)C(=O)NC(CC(C)C)C(=O)NC(C)(C)C(=O)NC(C)(C)C(=O)NCCC(=O)NC(C)CN(C)C)C(O)C(C)C. The molecule has 1 rings (SSSR count). The highest BCUT2D eigenvalue weighted by Gasteiger charge is 2.42. The van der Waals surface area contributed by atoms with Gasteiger partial charge in [-0.3, -0.25) is 47.9 Å². The number of nitrogens with zero attached hydrogens (tertiary/aromatic N) is 2. The highest BCUT2D eigenvalue weighted by molar-refractivity contribution is 6.00. The maximum atomic E-state index is 14.1. The molecular weight excluding hydrogens is 967 g/mol. The lowest BCUT2D eigenvalue weighted by atomic mass is 9.95. The monoisotopic (exact) mass is 1060 g/mol. The minimum atomic E-state index is -1.75. The number of carbonyl (C=O) groups is 10. The van der Waals surface area contributed by atoms with E-state index in [1.165, 1.54) is 59.4 Å². The molecule has 0 aliphatic carbocycles. The molecule has 428 valence electrons. The average molecular weight is 1060 g/mol. The predicted octanol–water partition coefficient (Wildman–Crippen LogP) is 0.905. The van der Waals surface area contributed by atoms with E-state index in [1.807, 2.05) is 67.5 Å². The molecular formula is C53H95N11O11. The number of likely N-dealkylation sites (tertiary alicyclic amines) is 1. The number of likely N-dealkylation sites (N-methyl/N-ethyl adjacent to an activating group) is 1. The fourth-order valence-corrected chi connectivity index (χ4v) is 7.98. The lowest BCUT2D eigenvalue weighted by molar-refractivity contribution is -0.140. The Balaban J connectivity index is 3.15. The van der Waals surface area contributed by atoms with Crippen molar-refractivity contribution in [3.05, 3.63) is 12.2 Å². The molecule has 22 heteroatoms. The summed E-state index contributed by atoms with van der Waals surface area (Å²) in [4.78, 5) is 139. The summed E-state index contributed by atoms with van der Waals surface area (Å²) < 4.78 is 0. The first-order valence-electron chi connectivity index (χ1n) is 26.5. The van der Waals surface area contributed by atoms with Crippen LogP contribution in [-0.2, 0) is 47.9 Å². The Morgan fingerprint density at radius 3 is 1.72 bits per heavy atom. The minimum absolute atomic E-state index is 0.0207. The van der Waals surface area contributed by atoms with E-state index in [-0.39, 0.29) is 61.4 Å². The second kappa shape index (κ2) is 30.2. The third-order valence-corrected chi connectivity index (χ3v) is 12.8. The maximum Gasteiger partial charge on any atom is 0.246 e. The van der Waals surface area contributed by atoms with Gasteiger partial charge < -0.3 is 62.8 Å². The van der Waals surface area contributed by atoms with Crippen molar-refractivity contribution in [2.45, 2.75) is 208 Å². The lowest BCUT2D eigenvalue weighted by Crippen LogP contribution is -2.66. The molecule has 0 aromatic heterocycles. The summed E-state index contributed by atoms with van der Waals surface area (Å²) in [6, 6.07) is -6.09. The van der Waals surface area contributed by atoms with E-state index in [9.17, 15) is 53.1 Å². The molecule has 7 unspecified atom stereocenters. The van der Waals surface area contributed by atoms with Gasteiger partial charge >= 0.3 is 0 Å². The zero-order chi connectivity index (χ0) is 57.9. The van der Waals surface area contributed by atoms with Crippen LogP contribution in [0.2, 0.25) is 0 Å². The quantitative estimate of drug-likeness (QED) is 0.0449. The Bertz CT molecular complexity index is 2020. The normalized spacial score (nSPS) is 17.1. The Kier molecular flexibility index (Phi) is 27.1. The first-order chi connectivity index (χ1) is 34.4. The second-order valence-electron chi connectivity index (χ2n) is 23.3. The van der Waals surface area contributed by atoms with Gasteiger partial charge in [0.15, 0.2) is 0 Å². The number of carbonyl (C=O) groups excluding carboxylic acids is 10. The molecule has 1 fully saturated rings. The van der Waals surface area contributed by atoms with Crippen LogP contribution in [0.15, 0.2) is 12.2 Å². The summed E-state index contributed by atoms with van der Waals surface area (Å²) >= 11 is 0. The fraction of sp³-hybridized carbons (Fsp3) is 0.774. The molecule has 0 aromatic rings. The van der Waals surface area contributed by atoms with Crippen LogP contribution in [0, 0.1) is 23.7 Å². The Morgan fingerprint density at radius 1 is 0.653 bits per heavy atom. The van der Waals surface area contributed by atoms with Gasteiger partial charge in [-0.25, -0.2) is 0 Å². The first-order valence-corrected chi connectivity index (χ1v) is 26.5. The number of nitrogens with one attached hydrogen (secondary N) is 9. The van der Waals surface area contributed by atoms with Crippen LogP contribution in [0.1, 0.15) is 149 Å². The number of aliphatic hydroxyl groups is 1. The number of hydrogen-bond acceptors (Lipinski definition) is 12. The molecule has 0 spiro atoms. The van der Waals surface area contributed by atoms with Gasteiger partial charge in [0.25, 0.3) is 0 Å². The van der Waals surface area contributed by atoms with Crippen LogP contribution in [-0.4, -0.2) is 167 Å². The maximum absolute atomic E-state index is 14.1.